The molecule has 0 aliphatic carbocycles. The van der Waals surface area contributed by atoms with Crippen molar-refractivity contribution in [3.8, 4) is 11.8 Å². The Labute approximate surface area is 127 Å². The molecule has 0 radical (unpaired) electrons. The summed E-state index contributed by atoms with van der Waals surface area (Å²) in [5.41, 5.74) is 1.19. The second-order valence-electron chi connectivity index (χ2n) is 4.17. The summed E-state index contributed by atoms with van der Waals surface area (Å²) in [6.07, 6.45) is 3.24. The van der Waals surface area contributed by atoms with Gasteiger partial charge in [0.25, 0.3) is 0 Å². The smallest absolute Gasteiger partial charge is 0.227 e. The molecule has 0 spiro atoms. The number of halogens is 1. The van der Waals surface area contributed by atoms with E-state index in [1.807, 2.05) is 6.07 Å². The molecule has 2 aromatic rings. The molecular weight excluding hydrogens is 290 g/mol. The van der Waals surface area contributed by atoms with E-state index in [4.69, 9.17) is 21.6 Å². The zero-order chi connectivity index (χ0) is 15.1. The van der Waals surface area contributed by atoms with E-state index >= 15 is 0 Å². The summed E-state index contributed by atoms with van der Waals surface area (Å²) >= 11 is 5.77. The minimum Gasteiger partial charge on any atom is -0.491 e. The van der Waals surface area contributed by atoms with Crippen LogP contribution >= 0.6 is 11.6 Å². The standard InChI is InChI=1S/C15H12ClN3O2/c16-12-7-14(10-18-9-12)21-6-5-15(20)19-13-3-1-11(8-17)2-4-13/h1-4,7,9-10H,5-6H2,(H,19,20). The highest BCUT2D eigenvalue weighted by atomic mass is 35.5. The van der Waals surface area contributed by atoms with E-state index in [1.165, 1.54) is 12.4 Å². The van der Waals surface area contributed by atoms with Crippen molar-refractivity contribution < 1.29 is 9.53 Å². The van der Waals surface area contributed by atoms with Crippen LogP contribution in [0.15, 0.2) is 42.7 Å². The monoisotopic (exact) mass is 301 g/mol. The normalized spacial score (nSPS) is 9.71. The van der Waals surface area contributed by atoms with Gasteiger partial charge in [-0.15, -0.1) is 0 Å². The lowest BCUT2D eigenvalue weighted by molar-refractivity contribution is -0.116. The number of hydrogen-bond donors (Lipinski definition) is 1. The van der Waals surface area contributed by atoms with Crippen molar-refractivity contribution in [2.75, 3.05) is 11.9 Å². The molecule has 1 aromatic carbocycles. The van der Waals surface area contributed by atoms with Crippen LogP contribution in [0.2, 0.25) is 5.02 Å². The van der Waals surface area contributed by atoms with Crippen LogP contribution in [0.1, 0.15) is 12.0 Å². The molecule has 0 atom stereocenters. The quantitative estimate of drug-likeness (QED) is 0.921. The summed E-state index contributed by atoms with van der Waals surface area (Å²) in [6, 6.07) is 10.3. The third-order valence-electron chi connectivity index (χ3n) is 2.58. The second kappa shape index (κ2) is 7.27. The highest BCUT2D eigenvalue weighted by molar-refractivity contribution is 6.30. The highest BCUT2D eigenvalue weighted by Gasteiger charge is 2.04. The van der Waals surface area contributed by atoms with E-state index in [9.17, 15) is 4.79 Å². The van der Waals surface area contributed by atoms with Crippen molar-refractivity contribution in [2.45, 2.75) is 6.42 Å². The molecule has 0 aliphatic rings. The Bertz CT molecular complexity index is 665. The number of nitrogens with one attached hydrogen (secondary N) is 1. The number of hydrogen-bond acceptors (Lipinski definition) is 4. The molecule has 106 valence electrons. The lowest BCUT2D eigenvalue weighted by atomic mass is 10.2. The Morgan fingerprint density at radius 2 is 2.10 bits per heavy atom. The Kier molecular flexibility index (Phi) is 5.13. The number of nitriles is 1. The van der Waals surface area contributed by atoms with Crippen LogP contribution < -0.4 is 10.1 Å². The maximum absolute atomic E-state index is 11.7. The first-order chi connectivity index (χ1) is 10.2. The molecule has 6 heteroatoms. The van der Waals surface area contributed by atoms with Gasteiger partial charge in [-0.1, -0.05) is 11.6 Å². The van der Waals surface area contributed by atoms with Gasteiger partial charge >= 0.3 is 0 Å². The topological polar surface area (TPSA) is 75.0 Å². The predicted octanol–water partition coefficient (Wildman–Crippen LogP) is 3.01. The molecule has 0 unspecified atom stereocenters. The zero-order valence-electron chi connectivity index (χ0n) is 11.0. The first kappa shape index (κ1) is 14.8. The van der Waals surface area contributed by atoms with Gasteiger partial charge in [0, 0.05) is 18.0 Å². The van der Waals surface area contributed by atoms with E-state index in [0.717, 1.165) is 0 Å². The molecule has 2 rings (SSSR count). The van der Waals surface area contributed by atoms with Gasteiger partial charge in [0.2, 0.25) is 5.91 Å². The summed E-state index contributed by atoms with van der Waals surface area (Å²) in [6.45, 7) is 0.226. The van der Waals surface area contributed by atoms with Gasteiger partial charge in [-0.05, 0) is 24.3 Å². The number of benzene rings is 1. The van der Waals surface area contributed by atoms with Crippen LogP contribution in [-0.4, -0.2) is 17.5 Å². The van der Waals surface area contributed by atoms with Crippen LogP contribution in [0.5, 0.6) is 5.75 Å². The number of carbonyl (C=O) groups is 1. The molecule has 1 heterocycles. The fraction of sp³-hybridized carbons (Fsp3) is 0.133. The van der Waals surface area contributed by atoms with E-state index in [1.54, 1.807) is 30.3 Å². The minimum absolute atomic E-state index is 0.172. The number of ether oxygens (including phenoxy) is 1. The van der Waals surface area contributed by atoms with Crippen molar-refractivity contribution in [3.05, 3.63) is 53.3 Å². The molecule has 1 N–H and O–H groups in total. The molecule has 1 amide bonds. The molecule has 5 nitrogen and oxygen atoms in total. The number of rotatable bonds is 5. The summed E-state index contributed by atoms with van der Waals surface area (Å²) in [5, 5.41) is 11.9. The molecule has 0 fully saturated rings. The van der Waals surface area contributed by atoms with Gasteiger partial charge in [0.05, 0.1) is 35.9 Å². The van der Waals surface area contributed by atoms with Gasteiger partial charge < -0.3 is 10.1 Å². The largest absolute Gasteiger partial charge is 0.491 e. The van der Waals surface area contributed by atoms with Crippen molar-refractivity contribution in [1.82, 2.24) is 4.98 Å². The molecule has 0 saturated heterocycles. The van der Waals surface area contributed by atoms with Crippen molar-refractivity contribution in [2.24, 2.45) is 0 Å². The van der Waals surface area contributed by atoms with Gasteiger partial charge in [0.1, 0.15) is 5.75 Å². The Balaban J connectivity index is 1.78. The summed E-state index contributed by atoms with van der Waals surface area (Å²) in [4.78, 5) is 15.6. The second-order valence-corrected chi connectivity index (χ2v) is 4.61. The maximum Gasteiger partial charge on any atom is 0.227 e. The first-order valence-electron chi connectivity index (χ1n) is 6.21. The zero-order valence-corrected chi connectivity index (χ0v) is 11.8. The van der Waals surface area contributed by atoms with Crippen molar-refractivity contribution in [1.29, 1.82) is 5.26 Å². The van der Waals surface area contributed by atoms with Gasteiger partial charge in [-0.2, -0.15) is 5.26 Å². The maximum atomic E-state index is 11.7. The number of pyridine rings is 1. The van der Waals surface area contributed by atoms with E-state index in [-0.39, 0.29) is 18.9 Å². The van der Waals surface area contributed by atoms with Crippen LogP contribution in [0, 0.1) is 11.3 Å². The number of carbonyl (C=O) groups excluding carboxylic acids is 1. The summed E-state index contributed by atoms with van der Waals surface area (Å²) in [7, 11) is 0. The van der Waals surface area contributed by atoms with Crippen LogP contribution in [-0.2, 0) is 4.79 Å². The fourth-order valence-corrected chi connectivity index (χ4v) is 1.75. The average molecular weight is 302 g/mol. The van der Waals surface area contributed by atoms with Gasteiger partial charge in [-0.3, -0.25) is 9.78 Å². The number of aromatic nitrogens is 1. The van der Waals surface area contributed by atoms with Gasteiger partial charge in [0.15, 0.2) is 0 Å². The highest BCUT2D eigenvalue weighted by Crippen LogP contribution is 2.15. The Morgan fingerprint density at radius 1 is 1.33 bits per heavy atom. The third-order valence-corrected chi connectivity index (χ3v) is 2.78. The number of amides is 1. The molecule has 0 saturated carbocycles. The summed E-state index contributed by atoms with van der Waals surface area (Å²) in [5.74, 6) is 0.350. The van der Waals surface area contributed by atoms with Gasteiger partial charge in [-0.25, -0.2) is 0 Å². The molecule has 1 aromatic heterocycles. The minimum atomic E-state index is -0.172. The fourth-order valence-electron chi connectivity index (χ4n) is 1.58. The number of anilines is 1. The molecule has 0 bridgehead atoms. The van der Waals surface area contributed by atoms with Crippen LogP contribution in [0.3, 0.4) is 0 Å². The first-order valence-corrected chi connectivity index (χ1v) is 6.58. The SMILES string of the molecule is N#Cc1ccc(NC(=O)CCOc2cncc(Cl)c2)cc1. The third kappa shape index (κ3) is 4.79. The van der Waals surface area contributed by atoms with Crippen LogP contribution in [0.25, 0.3) is 0 Å². The molecule has 21 heavy (non-hydrogen) atoms. The number of nitrogens with zero attached hydrogens (tertiary/aromatic N) is 2. The van der Waals surface area contributed by atoms with Crippen molar-refractivity contribution in [3.63, 3.8) is 0 Å². The molecule has 0 aliphatic heterocycles. The molecular formula is C15H12ClN3O2. The Hall–Kier alpha value is -2.58. The van der Waals surface area contributed by atoms with E-state index in [0.29, 0.717) is 22.0 Å². The van der Waals surface area contributed by atoms with Crippen molar-refractivity contribution >= 4 is 23.2 Å². The lowest BCUT2D eigenvalue weighted by Crippen LogP contribution is -2.15. The average Bonchev–Trinajstić information content (AvgIpc) is 2.48. The summed E-state index contributed by atoms with van der Waals surface area (Å²) < 4.78 is 5.38. The van der Waals surface area contributed by atoms with Crippen LogP contribution in [0.4, 0.5) is 5.69 Å². The van der Waals surface area contributed by atoms with E-state index in [2.05, 4.69) is 10.3 Å². The predicted molar refractivity (Wildman–Crippen MR) is 79.1 cm³/mol. The lowest BCUT2D eigenvalue weighted by Gasteiger charge is -2.07. The Morgan fingerprint density at radius 3 is 2.76 bits per heavy atom. The van der Waals surface area contributed by atoms with E-state index < -0.39 is 0 Å².